The third kappa shape index (κ3) is 6.73. The van der Waals surface area contributed by atoms with E-state index in [4.69, 9.17) is 20.3 Å². The van der Waals surface area contributed by atoms with Crippen molar-refractivity contribution in [3.8, 4) is 0 Å². The highest BCUT2D eigenvalue weighted by molar-refractivity contribution is 5.69. The summed E-state index contributed by atoms with van der Waals surface area (Å²) in [6.45, 7) is 1.68. The van der Waals surface area contributed by atoms with Crippen LogP contribution in [-0.2, 0) is 14.3 Å². The summed E-state index contributed by atoms with van der Waals surface area (Å²) < 4.78 is 10.4. The Morgan fingerprint density at radius 3 is 2.30 bits per heavy atom. The summed E-state index contributed by atoms with van der Waals surface area (Å²) in [4.78, 5) is 11.8. The lowest BCUT2D eigenvalue weighted by Crippen LogP contribution is -2.62. The fourth-order valence-electron chi connectivity index (χ4n) is 2.62. The van der Waals surface area contributed by atoms with E-state index in [0.29, 0.717) is 0 Å². The maximum absolute atomic E-state index is 11.8. The Morgan fingerprint density at radius 1 is 1.09 bits per heavy atom. The van der Waals surface area contributed by atoms with E-state index in [2.05, 4.69) is 6.92 Å². The number of hydrogen-bond donors (Lipinski definition) is 4. The predicted molar refractivity (Wildman–Crippen MR) is 84.4 cm³/mol. The second-order valence-electron chi connectivity index (χ2n) is 6.15. The van der Waals surface area contributed by atoms with Gasteiger partial charge < -0.3 is 30.5 Å². The van der Waals surface area contributed by atoms with Crippen LogP contribution in [0.15, 0.2) is 0 Å². The second kappa shape index (κ2) is 10.9. The van der Waals surface area contributed by atoms with Crippen LogP contribution < -0.4 is 5.73 Å². The highest BCUT2D eigenvalue weighted by atomic mass is 16.7. The topological polar surface area (TPSA) is 122 Å². The summed E-state index contributed by atoms with van der Waals surface area (Å²) in [6.07, 6.45) is 3.18. The van der Waals surface area contributed by atoms with E-state index in [0.717, 1.165) is 19.3 Å². The molecule has 1 rings (SSSR count). The Kier molecular flexibility index (Phi) is 9.66. The first-order chi connectivity index (χ1) is 11.0. The molecular weight excluding hydrogens is 302 g/mol. The molecular formula is C16H31NO6. The molecule has 1 saturated heterocycles. The number of ether oxygens (including phenoxy) is 2. The van der Waals surface area contributed by atoms with Gasteiger partial charge in [-0.15, -0.1) is 0 Å². The van der Waals surface area contributed by atoms with E-state index in [9.17, 15) is 15.0 Å². The molecule has 1 aliphatic heterocycles. The van der Waals surface area contributed by atoms with Crippen LogP contribution in [0.4, 0.5) is 0 Å². The first-order valence-corrected chi connectivity index (χ1v) is 8.58. The van der Waals surface area contributed by atoms with Crippen molar-refractivity contribution in [1.29, 1.82) is 0 Å². The van der Waals surface area contributed by atoms with Gasteiger partial charge in [-0.05, 0) is 6.42 Å². The van der Waals surface area contributed by atoms with Crippen molar-refractivity contribution < 1.29 is 29.6 Å². The van der Waals surface area contributed by atoms with Gasteiger partial charge in [0.05, 0.1) is 12.6 Å². The zero-order valence-corrected chi connectivity index (χ0v) is 13.9. The molecule has 0 spiro atoms. The number of nitrogens with two attached hydrogens (primary N) is 1. The number of esters is 1. The van der Waals surface area contributed by atoms with Crippen molar-refractivity contribution in [2.24, 2.45) is 5.73 Å². The third-order valence-corrected chi connectivity index (χ3v) is 4.16. The molecule has 1 heterocycles. The fraction of sp³-hybridized carbons (Fsp3) is 0.938. The van der Waals surface area contributed by atoms with Gasteiger partial charge in [-0.1, -0.05) is 45.4 Å². The van der Waals surface area contributed by atoms with Crippen molar-refractivity contribution in [2.45, 2.75) is 88.9 Å². The van der Waals surface area contributed by atoms with E-state index in [1.807, 2.05) is 0 Å². The fourth-order valence-corrected chi connectivity index (χ4v) is 2.62. The first kappa shape index (κ1) is 20.3. The number of rotatable bonds is 10. The minimum absolute atomic E-state index is 0.267. The number of carbonyl (C=O) groups excluding carboxylic acids is 1. The van der Waals surface area contributed by atoms with Crippen LogP contribution in [0.25, 0.3) is 0 Å². The van der Waals surface area contributed by atoms with Crippen LogP contribution in [0, 0.1) is 0 Å². The van der Waals surface area contributed by atoms with Crippen LogP contribution in [0.3, 0.4) is 0 Å². The van der Waals surface area contributed by atoms with E-state index in [1.165, 1.54) is 25.7 Å². The van der Waals surface area contributed by atoms with Crippen molar-refractivity contribution >= 4 is 5.97 Å². The number of carbonyl (C=O) groups is 1. The molecule has 7 nitrogen and oxygen atoms in total. The van der Waals surface area contributed by atoms with Gasteiger partial charge in [0.2, 0.25) is 6.29 Å². The summed E-state index contributed by atoms with van der Waals surface area (Å²) in [5.41, 5.74) is 5.71. The minimum atomic E-state index is -1.31. The van der Waals surface area contributed by atoms with E-state index in [1.54, 1.807) is 0 Å². The molecule has 0 bridgehead atoms. The summed E-state index contributed by atoms with van der Waals surface area (Å²) in [5, 5.41) is 28.6. The molecule has 1 fully saturated rings. The average molecular weight is 333 g/mol. The predicted octanol–water partition coefficient (Wildman–Crippen LogP) is 0.437. The van der Waals surface area contributed by atoms with Crippen LogP contribution in [-0.4, -0.2) is 58.5 Å². The van der Waals surface area contributed by atoms with E-state index < -0.39 is 43.2 Å². The molecule has 0 aromatic rings. The first-order valence-electron chi connectivity index (χ1n) is 8.58. The lowest BCUT2D eigenvalue weighted by molar-refractivity contribution is -0.259. The lowest BCUT2D eigenvalue weighted by Gasteiger charge is -2.39. The molecule has 136 valence electrons. The van der Waals surface area contributed by atoms with E-state index in [-0.39, 0.29) is 6.42 Å². The molecule has 5 atom stereocenters. The SMILES string of the molecule is CCCCCCCCCC(=O)OC1O[C@H](CO)[C@@H](O)[C@H](O)[C@H]1N. The Hall–Kier alpha value is -0.730. The average Bonchev–Trinajstić information content (AvgIpc) is 2.54. The minimum Gasteiger partial charge on any atom is -0.434 e. The van der Waals surface area contributed by atoms with Gasteiger partial charge in [0, 0.05) is 6.42 Å². The quantitative estimate of drug-likeness (QED) is 0.338. The summed E-state index contributed by atoms with van der Waals surface area (Å²) >= 11 is 0. The zero-order chi connectivity index (χ0) is 17.2. The third-order valence-electron chi connectivity index (χ3n) is 4.16. The van der Waals surface area contributed by atoms with Crippen molar-refractivity contribution in [3.63, 3.8) is 0 Å². The Balaban J connectivity index is 2.25. The maximum Gasteiger partial charge on any atom is 0.308 e. The Morgan fingerprint density at radius 2 is 1.70 bits per heavy atom. The van der Waals surface area contributed by atoms with Gasteiger partial charge >= 0.3 is 5.97 Å². The van der Waals surface area contributed by atoms with Gasteiger partial charge in [0.1, 0.15) is 18.3 Å². The van der Waals surface area contributed by atoms with Crippen LogP contribution in [0.2, 0.25) is 0 Å². The summed E-state index contributed by atoms with van der Waals surface area (Å²) in [6, 6.07) is -1.04. The summed E-state index contributed by atoms with van der Waals surface area (Å²) in [5.74, 6) is -0.445. The molecule has 0 saturated carbocycles. The molecule has 0 radical (unpaired) electrons. The highest BCUT2D eigenvalue weighted by Gasteiger charge is 2.44. The molecule has 23 heavy (non-hydrogen) atoms. The molecule has 0 aromatic heterocycles. The van der Waals surface area contributed by atoms with Crippen LogP contribution in [0.1, 0.15) is 58.3 Å². The molecule has 5 N–H and O–H groups in total. The molecule has 7 heteroatoms. The van der Waals surface area contributed by atoms with Crippen LogP contribution in [0.5, 0.6) is 0 Å². The highest BCUT2D eigenvalue weighted by Crippen LogP contribution is 2.21. The van der Waals surface area contributed by atoms with Gasteiger partial charge in [-0.3, -0.25) is 4.79 Å². The van der Waals surface area contributed by atoms with Crippen molar-refractivity contribution in [2.75, 3.05) is 6.61 Å². The van der Waals surface area contributed by atoms with Gasteiger partial charge in [0.25, 0.3) is 0 Å². The number of hydrogen-bond acceptors (Lipinski definition) is 7. The molecule has 0 aromatic carbocycles. The van der Waals surface area contributed by atoms with Crippen molar-refractivity contribution in [1.82, 2.24) is 0 Å². The van der Waals surface area contributed by atoms with Gasteiger partial charge in [-0.2, -0.15) is 0 Å². The molecule has 1 unspecified atom stereocenters. The largest absolute Gasteiger partial charge is 0.434 e. The molecule has 1 aliphatic rings. The van der Waals surface area contributed by atoms with E-state index >= 15 is 0 Å². The van der Waals surface area contributed by atoms with Gasteiger partial charge in [0.15, 0.2) is 0 Å². The summed E-state index contributed by atoms with van der Waals surface area (Å²) in [7, 11) is 0. The zero-order valence-electron chi connectivity index (χ0n) is 13.9. The Labute approximate surface area is 137 Å². The Bertz CT molecular complexity index is 339. The van der Waals surface area contributed by atoms with Crippen LogP contribution >= 0.6 is 0 Å². The molecule has 0 amide bonds. The lowest BCUT2D eigenvalue weighted by atomic mass is 9.98. The number of aliphatic hydroxyl groups is 3. The number of aliphatic hydroxyl groups excluding tert-OH is 3. The maximum atomic E-state index is 11.8. The van der Waals surface area contributed by atoms with Crippen molar-refractivity contribution in [3.05, 3.63) is 0 Å². The number of unbranched alkanes of at least 4 members (excludes halogenated alkanes) is 6. The van der Waals surface area contributed by atoms with Gasteiger partial charge in [-0.25, -0.2) is 0 Å². The standard InChI is InChI=1S/C16H31NO6/c1-2-3-4-5-6-7-8-9-12(19)23-16-13(17)15(21)14(20)11(10-18)22-16/h11,13-16,18,20-21H,2-10,17H2,1H3/t11-,13-,14-,15-,16?/m1/s1. The smallest absolute Gasteiger partial charge is 0.308 e. The second-order valence-corrected chi connectivity index (χ2v) is 6.15. The molecule has 0 aliphatic carbocycles. The monoisotopic (exact) mass is 333 g/mol. The normalized spacial score (nSPS) is 31.1.